The standard InChI is InChI=1S/C15H12ClF3N2O2/c16-11-5-9(15(17,18)19)6-20-14(11)21-7-10-8-22-12-3-1-2-4-13(12)23-10/h1-6,10H,7-8H2,(H,20,21)/t10-/m0/s1. The highest BCUT2D eigenvalue weighted by Gasteiger charge is 2.31. The van der Waals surface area contributed by atoms with E-state index < -0.39 is 11.7 Å². The first-order chi connectivity index (χ1) is 10.9. The quantitative estimate of drug-likeness (QED) is 0.913. The Kier molecular flexibility index (Phi) is 4.21. The van der Waals surface area contributed by atoms with Gasteiger partial charge in [-0.05, 0) is 18.2 Å². The molecule has 8 heteroatoms. The number of benzene rings is 1. The maximum Gasteiger partial charge on any atom is 0.417 e. The third-order valence-corrected chi connectivity index (χ3v) is 3.52. The van der Waals surface area contributed by atoms with Crippen LogP contribution in [-0.2, 0) is 6.18 Å². The van der Waals surface area contributed by atoms with E-state index in [0.717, 1.165) is 12.3 Å². The Balaban J connectivity index is 1.63. The van der Waals surface area contributed by atoms with Crippen LogP contribution in [0.4, 0.5) is 19.0 Å². The minimum absolute atomic E-state index is 0.100. The molecule has 1 atom stereocenters. The van der Waals surface area contributed by atoms with E-state index in [1.54, 1.807) is 12.1 Å². The van der Waals surface area contributed by atoms with Gasteiger partial charge in [0, 0.05) is 6.20 Å². The lowest BCUT2D eigenvalue weighted by Crippen LogP contribution is -2.35. The van der Waals surface area contributed by atoms with Crippen molar-refractivity contribution >= 4 is 17.4 Å². The third-order valence-electron chi connectivity index (χ3n) is 3.23. The molecule has 122 valence electrons. The summed E-state index contributed by atoms with van der Waals surface area (Å²) in [4.78, 5) is 3.71. The van der Waals surface area contributed by atoms with Crippen LogP contribution in [-0.4, -0.2) is 24.2 Å². The average Bonchev–Trinajstić information content (AvgIpc) is 2.52. The predicted molar refractivity (Wildman–Crippen MR) is 79.1 cm³/mol. The molecule has 1 aliphatic heterocycles. The fourth-order valence-electron chi connectivity index (χ4n) is 2.10. The van der Waals surface area contributed by atoms with E-state index in [9.17, 15) is 13.2 Å². The number of alkyl halides is 3. The summed E-state index contributed by atoms with van der Waals surface area (Å²) in [6.07, 6.45) is -4.04. The van der Waals surface area contributed by atoms with E-state index >= 15 is 0 Å². The van der Waals surface area contributed by atoms with Crippen LogP contribution in [0.2, 0.25) is 5.02 Å². The molecule has 0 aliphatic carbocycles. The number of pyridine rings is 1. The number of anilines is 1. The van der Waals surface area contributed by atoms with Gasteiger partial charge in [-0.2, -0.15) is 13.2 Å². The van der Waals surface area contributed by atoms with Gasteiger partial charge in [0.15, 0.2) is 11.5 Å². The number of rotatable bonds is 3. The van der Waals surface area contributed by atoms with Gasteiger partial charge >= 0.3 is 6.18 Å². The average molecular weight is 345 g/mol. The molecular formula is C15H12ClF3N2O2. The molecule has 2 heterocycles. The second kappa shape index (κ2) is 6.16. The van der Waals surface area contributed by atoms with Crippen LogP contribution in [0, 0.1) is 0 Å². The van der Waals surface area contributed by atoms with E-state index in [4.69, 9.17) is 21.1 Å². The van der Waals surface area contributed by atoms with Crippen LogP contribution in [0.15, 0.2) is 36.5 Å². The van der Waals surface area contributed by atoms with E-state index in [0.29, 0.717) is 24.7 Å². The van der Waals surface area contributed by atoms with E-state index in [1.165, 1.54) is 0 Å². The summed E-state index contributed by atoms with van der Waals surface area (Å²) in [6.45, 7) is 0.620. The number of hydrogen-bond acceptors (Lipinski definition) is 4. The predicted octanol–water partition coefficient (Wildman–Crippen LogP) is 4.01. The Bertz CT molecular complexity index is 709. The molecule has 2 aromatic rings. The smallest absolute Gasteiger partial charge is 0.417 e. The zero-order chi connectivity index (χ0) is 16.4. The second-order valence-electron chi connectivity index (χ2n) is 4.93. The highest BCUT2D eigenvalue weighted by atomic mass is 35.5. The van der Waals surface area contributed by atoms with E-state index in [1.807, 2.05) is 12.1 Å². The summed E-state index contributed by atoms with van der Waals surface area (Å²) in [5, 5.41) is 2.78. The highest BCUT2D eigenvalue weighted by molar-refractivity contribution is 6.32. The van der Waals surface area contributed by atoms with Gasteiger partial charge < -0.3 is 14.8 Å². The molecule has 3 rings (SSSR count). The Hall–Kier alpha value is -2.15. The lowest BCUT2D eigenvalue weighted by Gasteiger charge is -2.26. The summed E-state index contributed by atoms with van der Waals surface area (Å²) < 4.78 is 49.0. The number of nitrogens with zero attached hydrogens (tertiary/aromatic N) is 1. The molecule has 1 aliphatic rings. The Morgan fingerprint density at radius 3 is 2.70 bits per heavy atom. The Labute approximate surface area is 135 Å². The molecule has 4 nitrogen and oxygen atoms in total. The minimum atomic E-state index is -4.47. The normalized spacial score (nSPS) is 17.0. The third kappa shape index (κ3) is 3.61. The van der Waals surface area contributed by atoms with Crippen molar-refractivity contribution in [3.8, 4) is 11.5 Å². The molecule has 1 N–H and O–H groups in total. The maximum atomic E-state index is 12.6. The molecule has 0 fully saturated rings. The van der Waals surface area contributed by atoms with Crippen molar-refractivity contribution in [2.75, 3.05) is 18.5 Å². The topological polar surface area (TPSA) is 43.4 Å². The largest absolute Gasteiger partial charge is 0.486 e. The minimum Gasteiger partial charge on any atom is -0.486 e. The molecule has 0 radical (unpaired) electrons. The van der Waals surface area contributed by atoms with Crippen LogP contribution in [0.5, 0.6) is 11.5 Å². The summed E-state index contributed by atoms with van der Waals surface area (Å²) >= 11 is 5.84. The van der Waals surface area contributed by atoms with Gasteiger partial charge in [-0.15, -0.1) is 0 Å². The molecule has 0 unspecified atom stereocenters. The fraction of sp³-hybridized carbons (Fsp3) is 0.267. The van der Waals surface area contributed by atoms with Crippen LogP contribution in [0.3, 0.4) is 0 Å². The van der Waals surface area contributed by atoms with Crippen molar-refractivity contribution in [2.24, 2.45) is 0 Å². The first kappa shape index (κ1) is 15.7. The molecule has 0 bridgehead atoms. The molecule has 1 aromatic carbocycles. The number of nitrogens with one attached hydrogen (secondary N) is 1. The zero-order valence-electron chi connectivity index (χ0n) is 11.7. The number of hydrogen-bond donors (Lipinski definition) is 1. The first-order valence-electron chi connectivity index (χ1n) is 6.78. The summed E-state index contributed by atoms with van der Waals surface area (Å²) in [7, 11) is 0. The molecule has 23 heavy (non-hydrogen) atoms. The van der Waals surface area contributed by atoms with Crippen molar-refractivity contribution in [1.29, 1.82) is 0 Å². The van der Waals surface area contributed by atoms with Crippen molar-refractivity contribution in [2.45, 2.75) is 12.3 Å². The lowest BCUT2D eigenvalue weighted by molar-refractivity contribution is -0.137. The van der Waals surface area contributed by atoms with Gasteiger partial charge in [-0.3, -0.25) is 0 Å². The van der Waals surface area contributed by atoms with Gasteiger partial charge in [-0.25, -0.2) is 4.98 Å². The van der Waals surface area contributed by atoms with Crippen LogP contribution in [0.25, 0.3) is 0 Å². The maximum absolute atomic E-state index is 12.6. The number of para-hydroxylation sites is 2. The monoisotopic (exact) mass is 344 g/mol. The van der Waals surface area contributed by atoms with Gasteiger partial charge in [0.2, 0.25) is 0 Å². The Morgan fingerprint density at radius 2 is 2.00 bits per heavy atom. The van der Waals surface area contributed by atoms with E-state index in [2.05, 4.69) is 10.3 Å². The first-order valence-corrected chi connectivity index (χ1v) is 7.16. The molecule has 0 amide bonds. The molecule has 1 aromatic heterocycles. The van der Waals surface area contributed by atoms with Gasteiger partial charge in [0.1, 0.15) is 18.5 Å². The van der Waals surface area contributed by atoms with Crippen molar-refractivity contribution in [3.63, 3.8) is 0 Å². The second-order valence-corrected chi connectivity index (χ2v) is 5.34. The SMILES string of the molecule is FC(F)(F)c1cnc(NC[C@H]2COc3ccccc3O2)c(Cl)c1. The van der Waals surface area contributed by atoms with Crippen LogP contribution in [0.1, 0.15) is 5.56 Å². The van der Waals surface area contributed by atoms with Gasteiger partial charge in [0.25, 0.3) is 0 Å². The highest BCUT2D eigenvalue weighted by Crippen LogP contribution is 2.33. The summed E-state index contributed by atoms with van der Waals surface area (Å²) in [5.74, 6) is 1.45. The van der Waals surface area contributed by atoms with Crippen LogP contribution < -0.4 is 14.8 Å². The number of halogens is 4. The van der Waals surface area contributed by atoms with Gasteiger partial charge in [-0.1, -0.05) is 23.7 Å². The van der Waals surface area contributed by atoms with Crippen LogP contribution >= 0.6 is 11.6 Å². The molecule has 0 spiro atoms. The molecular weight excluding hydrogens is 333 g/mol. The van der Waals surface area contributed by atoms with Crippen molar-refractivity contribution < 1.29 is 22.6 Å². The number of fused-ring (bicyclic) bond motifs is 1. The summed E-state index contributed by atoms with van der Waals surface area (Å²) in [5.41, 5.74) is -0.890. The van der Waals surface area contributed by atoms with E-state index in [-0.39, 0.29) is 16.9 Å². The molecule has 0 saturated carbocycles. The zero-order valence-corrected chi connectivity index (χ0v) is 12.5. The van der Waals surface area contributed by atoms with Gasteiger partial charge in [0.05, 0.1) is 17.1 Å². The van der Waals surface area contributed by atoms with Crippen molar-refractivity contribution in [1.82, 2.24) is 4.98 Å². The number of ether oxygens (including phenoxy) is 2. The number of aromatic nitrogens is 1. The fourth-order valence-corrected chi connectivity index (χ4v) is 2.33. The lowest BCUT2D eigenvalue weighted by atomic mass is 10.2. The summed E-state index contributed by atoms with van der Waals surface area (Å²) in [6, 6.07) is 8.08. The van der Waals surface area contributed by atoms with Crippen molar-refractivity contribution in [3.05, 3.63) is 47.1 Å². The Morgan fingerprint density at radius 1 is 1.26 bits per heavy atom. The molecule has 0 saturated heterocycles.